The van der Waals surface area contributed by atoms with Gasteiger partial charge in [-0.05, 0) is 84.6 Å². The molecule has 2 unspecified atom stereocenters. The highest BCUT2D eigenvalue weighted by Gasteiger charge is 2.36. The van der Waals surface area contributed by atoms with Gasteiger partial charge in [0.15, 0.2) is 0 Å². The summed E-state index contributed by atoms with van der Waals surface area (Å²) in [4.78, 5) is 40.8. The molecule has 1 aromatic rings. The van der Waals surface area contributed by atoms with Crippen molar-refractivity contribution in [1.82, 2.24) is 15.5 Å². The van der Waals surface area contributed by atoms with Crippen molar-refractivity contribution in [3.05, 3.63) is 29.8 Å². The van der Waals surface area contributed by atoms with Crippen molar-refractivity contribution in [2.75, 3.05) is 18.6 Å². The van der Waals surface area contributed by atoms with Gasteiger partial charge in [-0.2, -0.15) is 11.8 Å². The number of thioether (sulfide) groups is 1. The van der Waals surface area contributed by atoms with Gasteiger partial charge >= 0.3 is 6.09 Å². The van der Waals surface area contributed by atoms with Gasteiger partial charge in [0.05, 0.1) is 0 Å². The summed E-state index contributed by atoms with van der Waals surface area (Å²) in [5.74, 6) is -0.0154. The third-order valence-corrected chi connectivity index (χ3v) is 5.13. The zero-order valence-electron chi connectivity index (χ0n) is 21.0. The number of ether oxygens (including phenoxy) is 1. The molecule has 8 nitrogen and oxygen atoms in total. The smallest absolute Gasteiger partial charge is 0.408 e. The maximum Gasteiger partial charge on any atom is 0.408 e. The summed E-state index contributed by atoms with van der Waals surface area (Å²) in [6.07, 6.45) is 1.63. The SMILES string of the molecule is CCN(C(=O)C(CCSC)NC(=O)OC(C)(C)C)C(C(=O)NC(C)(C)C)c1ccc(O)cc1. The number of hydrogen-bond acceptors (Lipinski definition) is 6. The molecule has 0 heterocycles. The maximum atomic E-state index is 13.7. The Balaban J connectivity index is 3.33. The van der Waals surface area contributed by atoms with E-state index in [2.05, 4.69) is 10.6 Å². The second-order valence-electron chi connectivity index (χ2n) is 9.84. The number of rotatable bonds is 9. The summed E-state index contributed by atoms with van der Waals surface area (Å²) in [6, 6.07) is 4.42. The number of aromatic hydroxyl groups is 1. The molecule has 186 valence electrons. The first-order valence-corrected chi connectivity index (χ1v) is 12.5. The summed E-state index contributed by atoms with van der Waals surface area (Å²) in [6.45, 7) is 12.9. The summed E-state index contributed by atoms with van der Waals surface area (Å²) < 4.78 is 5.35. The topological polar surface area (TPSA) is 108 Å². The van der Waals surface area contributed by atoms with E-state index in [0.717, 1.165) is 0 Å². The fourth-order valence-electron chi connectivity index (χ4n) is 3.18. The normalized spacial score (nSPS) is 13.6. The standard InChI is InChI=1S/C24H39N3O5S/c1-9-27(21(30)18(14-15-33-8)25-22(31)32-24(5,6)7)19(20(29)26-23(2,3)4)16-10-12-17(28)13-11-16/h10-13,18-19,28H,9,14-15H2,1-8H3,(H,25,31)(H,26,29). The largest absolute Gasteiger partial charge is 0.508 e. The number of likely N-dealkylation sites (N-methyl/N-ethyl adjacent to an activating group) is 1. The summed E-state index contributed by atoms with van der Waals surface area (Å²) in [5, 5.41) is 15.3. The van der Waals surface area contributed by atoms with Crippen molar-refractivity contribution >= 4 is 29.7 Å². The van der Waals surface area contributed by atoms with Crippen LogP contribution in [0.15, 0.2) is 24.3 Å². The van der Waals surface area contributed by atoms with Gasteiger partial charge < -0.3 is 25.4 Å². The Bertz CT molecular complexity index is 800. The predicted octanol–water partition coefficient (Wildman–Crippen LogP) is 3.84. The van der Waals surface area contributed by atoms with E-state index in [9.17, 15) is 19.5 Å². The first-order valence-electron chi connectivity index (χ1n) is 11.1. The van der Waals surface area contributed by atoms with Gasteiger partial charge in [0.25, 0.3) is 0 Å². The molecule has 1 rings (SSSR count). The van der Waals surface area contributed by atoms with Crippen LogP contribution in [0, 0.1) is 0 Å². The summed E-state index contributed by atoms with van der Waals surface area (Å²) in [5.41, 5.74) is -0.657. The van der Waals surface area contributed by atoms with Gasteiger partial charge in [-0.15, -0.1) is 0 Å². The third-order valence-electron chi connectivity index (χ3n) is 4.49. The van der Waals surface area contributed by atoms with Crippen LogP contribution >= 0.6 is 11.8 Å². The van der Waals surface area contributed by atoms with Crippen LogP contribution in [-0.2, 0) is 14.3 Å². The van der Waals surface area contributed by atoms with Gasteiger partial charge in [-0.3, -0.25) is 9.59 Å². The van der Waals surface area contributed by atoms with Crippen molar-refractivity contribution in [3.8, 4) is 5.75 Å². The number of benzene rings is 1. The maximum absolute atomic E-state index is 13.7. The van der Waals surface area contributed by atoms with E-state index in [0.29, 0.717) is 17.7 Å². The Labute approximate surface area is 201 Å². The predicted molar refractivity (Wildman–Crippen MR) is 132 cm³/mol. The molecule has 1 aromatic carbocycles. The Hall–Kier alpha value is -2.42. The zero-order valence-corrected chi connectivity index (χ0v) is 21.8. The summed E-state index contributed by atoms with van der Waals surface area (Å²) in [7, 11) is 0. The molecule has 3 N–H and O–H groups in total. The van der Waals surface area contributed by atoms with Crippen LogP contribution in [0.3, 0.4) is 0 Å². The number of amides is 3. The average Bonchev–Trinajstić information content (AvgIpc) is 2.66. The molecular weight excluding hydrogens is 442 g/mol. The second kappa shape index (κ2) is 12.2. The molecule has 0 aliphatic rings. The van der Waals surface area contributed by atoms with E-state index in [1.165, 1.54) is 17.0 Å². The fourth-order valence-corrected chi connectivity index (χ4v) is 3.65. The highest BCUT2D eigenvalue weighted by atomic mass is 32.2. The van der Waals surface area contributed by atoms with E-state index < -0.39 is 29.3 Å². The van der Waals surface area contributed by atoms with Gasteiger partial charge in [0.1, 0.15) is 23.4 Å². The first kappa shape index (κ1) is 28.6. The van der Waals surface area contributed by atoms with Gasteiger partial charge in [0.2, 0.25) is 11.8 Å². The van der Waals surface area contributed by atoms with Crippen LogP contribution in [-0.4, -0.2) is 63.6 Å². The molecule has 0 aliphatic carbocycles. The van der Waals surface area contributed by atoms with Crippen LogP contribution < -0.4 is 10.6 Å². The molecule has 0 fully saturated rings. The number of carbonyl (C=O) groups excluding carboxylic acids is 3. The molecule has 33 heavy (non-hydrogen) atoms. The number of alkyl carbamates (subject to hydrolysis) is 1. The van der Waals surface area contributed by atoms with Gasteiger partial charge in [-0.25, -0.2) is 4.79 Å². The van der Waals surface area contributed by atoms with Crippen molar-refractivity contribution in [2.24, 2.45) is 0 Å². The molecule has 0 saturated heterocycles. The monoisotopic (exact) mass is 481 g/mol. The highest BCUT2D eigenvalue weighted by Crippen LogP contribution is 2.25. The molecule has 0 radical (unpaired) electrons. The number of phenols is 1. The zero-order chi connectivity index (χ0) is 25.4. The van der Waals surface area contributed by atoms with E-state index in [1.807, 2.05) is 27.0 Å². The molecule has 0 saturated carbocycles. The Morgan fingerprint density at radius 1 is 1.09 bits per heavy atom. The van der Waals surface area contributed by atoms with Gasteiger partial charge in [0, 0.05) is 12.1 Å². The van der Waals surface area contributed by atoms with E-state index in [-0.39, 0.29) is 24.1 Å². The number of carbonyl (C=O) groups is 3. The Kier molecular flexibility index (Phi) is 10.5. The van der Waals surface area contributed by atoms with Crippen molar-refractivity contribution in [1.29, 1.82) is 0 Å². The highest BCUT2D eigenvalue weighted by molar-refractivity contribution is 7.98. The van der Waals surface area contributed by atoms with Crippen LogP contribution in [0.2, 0.25) is 0 Å². The number of hydrogen-bond donors (Lipinski definition) is 3. The number of nitrogens with zero attached hydrogens (tertiary/aromatic N) is 1. The van der Waals surface area contributed by atoms with E-state index >= 15 is 0 Å². The first-order chi connectivity index (χ1) is 15.2. The minimum absolute atomic E-state index is 0.0625. The van der Waals surface area contributed by atoms with E-state index in [4.69, 9.17) is 4.74 Å². The molecular formula is C24H39N3O5S. The van der Waals surface area contributed by atoms with Crippen molar-refractivity contribution < 1.29 is 24.2 Å². The minimum atomic E-state index is -0.931. The lowest BCUT2D eigenvalue weighted by Gasteiger charge is -2.35. The van der Waals surface area contributed by atoms with Crippen molar-refractivity contribution in [3.63, 3.8) is 0 Å². The van der Waals surface area contributed by atoms with Crippen LogP contribution in [0.1, 0.15) is 66.5 Å². The van der Waals surface area contributed by atoms with Crippen LogP contribution in [0.4, 0.5) is 4.79 Å². The number of phenolic OH excluding ortho intramolecular Hbond substituents is 1. The quantitative estimate of drug-likeness (QED) is 0.495. The molecule has 2 atom stereocenters. The molecule has 3 amide bonds. The van der Waals surface area contributed by atoms with Gasteiger partial charge in [-0.1, -0.05) is 12.1 Å². The molecule has 0 aliphatic heterocycles. The molecule has 0 bridgehead atoms. The Morgan fingerprint density at radius 3 is 2.12 bits per heavy atom. The molecule has 0 aromatic heterocycles. The van der Waals surface area contributed by atoms with Crippen molar-refractivity contribution in [2.45, 2.75) is 78.1 Å². The lowest BCUT2D eigenvalue weighted by molar-refractivity contribution is -0.142. The average molecular weight is 482 g/mol. The van der Waals surface area contributed by atoms with Crippen LogP contribution in [0.25, 0.3) is 0 Å². The molecule has 9 heteroatoms. The third kappa shape index (κ3) is 9.94. The molecule has 0 spiro atoms. The number of nitrogens with one attached hydrogen (secondary N) is 2. The minimum Gasteiger partial charge on any atom is -0.508 e. The van der Waals surface area contributed by atoms with E-state index in [1.54, 1.807) is 51.6 Å². The fraction of sp³-hybridized carbons (Fsp3) is 0.625. The lowest BCUT2D eigenvalue weighted by atomic mass is 10.0. The second-order valence-corrected chi connectivity index (χ2v) is 10.8. The lowest BCUT2D eigenvalue weighted by Crippen LogP contribution is -2.54. The van der Waals surface area contributed by atoms with Crippen LogP contribution in [0.5, 0.6) is 5.75 Å². The Morgan fingerprint density at radius 2 is 1.67 bits per heavy atom. The summed E-state index contributed by atoms with van der Waals surface area (Å²) >= 11 is 1.56.